The molecule has 1 saturated heterocycles. The van der Waals surface area contributed by atoms with Gasteiger partial charge in [0, 0.05) is 19.7 Å². The first-order chi connectivity index (χ1) is 9.00. The van der Waals surface area contributed by atoms with Crippen molar-refractivity contribution in [2.75, 3.05) is 32.9 Å². The third-order valence-corrected chi connectivity index (χ3v) is 3.69. The summed E-state index contributed by atoms with van der Waals surface area (Å²) in [7, 11) is 0. The van der Waals surface area contributed by atoms with E-state index in [2.05, 4.69) is 12.2 Å². The molecule has 0 aromatic heterocycles. The van der Waals surface area contributed by atoms with Gasteiger partial charge in [-0.25, -0.2) is 4.79 Å². The Hall–Kier alpha value is -0.810. The topological polar surface area (TPSA) is 61.8 Å². The third kappa shape index (κ3) is 5.37. The molecule has 5 nitrogen and oxygen atoms in total. The SMILES string of the molecule is CC[C@H]1COCCN1C(=O)NCCCC(C)(C)CO. The van der Waals surface area contributed by atoms with Gasteiger partial charge < -0.3 is 20.1 Å². The second-order valence-corrected chi connectivity index (χ2v) is 5.99. The lowest BCUT2D eigenvalue weighted by Crippen LogP contribution is -2.52. The highest BCUT2D eigenvalue weighted by molar-refractivity contribution is 5.74. The Morgan fingerprint density at radius 3 is 2.89 bits per heavy atom. The summed E-state index contributed by atoms with van der Waals surface area (Å²) in [5.41, 5.74) is -0.0599. The molecule has 19 heavy (non-hydrogen) atoms. The summed E-state index contributed by atoms with van der Waals surface area (Å²) in [5.74, 6) is 0. The minimum atomic E-state index is -0.0599. The number of urea groups is 1. The largest absolute Gasteiger partial charge is 0.396 e. The van der Waals surface area contributed by atoms with Gasteiger partial charge >= 0.3 is 6.03 Å². The van der Waals surface area contributed by atoms with Crippen molar-refractivity contribution in [3.8, 4) is 0 Å². The molecule has 112 valence electrons. The van der Waals surface area contributed by atoms with E-state index in [0.29, 0.717) is 26.3 Å². The van der Waals surface area contributed by atoms with E-state index in [1.165, 1.54) is 0 Å². The molecule has 1 aliphatic heterocycles. The van der Waals surface area contributed by atoms with Crippen molar-refractivity contribution in [1.29, 1.82) is 0 Å². The summed E-state index contributed by atoms with van der Waals surface area (Å²) in [5, 5.41) is 12.1. The number of hydrogen-bond donors (Lipinski definition) is 2. The predicted octanol–water partition coefficient (Wildman–Crippen LogP) is 1.61. The van der Waals surface area contributed by atoms with Gasteiger partial charge in [0.15, 0.2) is 0 Å². The number of aliphatic hydroxyl groups excluding tert-OH is 1. The van der Waals surface area contributed by atoms with E-state index in [9.17, 15) is 4.79 Å². The van der Waals surface area contributed by atoms with E-state index < -0.39 is 0 Å². The molecular weight excluding hydrogens is 244 g/mol. The van der Waals surface area contributed by atoms with Crippen LogP contribution in [0, 0.1) is 5.41 Å². The Morgan fingerprint density at radius 1 is 1.53 bits per heavy atom. The van der Waals surface area contributed by atoms with Gasteiger partial charge in [-0.05, 0) is 24.7 Å². The summed E-state index contributed by atoms with van der Waals surface area (Å²) in [4.78, 5) is 13.9. The van der Waals surface area contributed by atoms with Crippen molar-refractivity contribution >= 4 is 6.03 Å². The summed E-state index contributed by atoms with van der Waals surface area (Å²) in [6, 6.07) is 0.208. The van der Waals surface area contributed by atoms with E-state index in [4.69, 9.17) is 9.84 Å². The Kier molecular flexibility index (Phi) is 6.58. The zero-order chi connectivity index (χ0) is 14.3. The van der Waals surface area contributed by atoms with E-state index in [1.807, 2.05) is 18.7 Å². The smallest absolute Gasteiger partial charge is 0.317 e. The molecule has 5 heteroatoms. The zero-order valence-electron chi connectivity index (χ0n) is 12.4. The Morgan fingerprint density at radius 2 is 2.26 bits per heavy atom. The average Bonchev–Trinajstić information content (AvgIpc) is 2.43. The lowest BCUT2D eigenvalue weighted by atomic mass is 9.89. The van der Waals surface area contributed by atoms with Crippen molar-refractivity contribution in [3.05, 3.63) is 0 Å². The van der Waals surface area contributed by atoms with Crippen LogP contribution in [0.2, 0.25) is 0 Å². The molecule has 0 bridgehead atoms. The maximum Gasteiger partial charge on any atom is 0.317 e. The molecule has 1 aliphatic rings. The maximum atomic E-state index is 12.1. The monoisotopic (exact) mass is 272 g/mol. The van der Waals surface area contributed by atoms with Gasteiger partial charge in [0.05, 0.1) is 19.3 Å². The minimum Gasteiger partial charge on any atom is -0.396 e. The quantitative estimate of drug-likeness (QED) is 0.722. The number of carbonyl (C=O) groups excluding carboxylic acids is 1. The molecule has 0 aromatic carbocycles. The first kappa shape index (κ1) is 16.2. The zero-order valence-corrected chi connectivity index (χ0v) is 12.4. The van der Waals surface area contributed by atoms with Crippen molar-refractivity contribution in [1.82, 2.24) is 10.2 Å². The second-order valence-electron chi connectivity index (χ2n) is 5.99. The van der Waals surface area contributed by atoms with Crippen LogP contribution in [0.5, 0.6) is 0 Å². The number of ether oxygens (including phenoxy) is 1. The van der Waals surface area contributed by atoms with Crippen LogP contribution >= 0.6 is 0 Å². The van der Waals surface area contributed by atoms with Gasteiger partial charge in [0.1, 0.15) is 0 Å². The van der Waals surface area contributed by atoms with Crippen LogP contribution in [0.15, 0.2) is 0 Å². The highest BCUT2D eigenvalue weighted by atomic mass is 16.5. The Balaban J connectivity index is 2.26. The molecule has 0 spiro atoms. The molecular formula is C14H28N2O3. The molecule has 1 atom stereocenters. The fourth-order valence-electron chi connectivity index (χ4n) is 2.20. The van der Waals surface area contributed by atoms with Crippen molar-refractivity contribution in [2.45, 2.75) is 46.1 Å². The molecule has 1 heterocycles. The number of nitrogens with one attached hydrogen (secondary N) is 1. The van der Waals surface area contributed by atoms with Crippen LogP contribution in [0.4, 0.5) is 4.79 Å². The highest BCUT2D eigenvalue weighted by Crippen LogP contribution is 2.20. The second kappa shape index (κ2) is 7.70. The molecule has 0 saturated carbocycles. The van der Waals surface area contributed by atoms with E-state index in [1.54, 1.807) is 0 Å². The number of hydrogen-bond acceptors (Lipinski definition) is 3. The summed E-state index contributed by atoms with van der Waals surface area (Å²) in [6.45, 7) is 8.92. The fourth-order valence-corrected chi connectivity index (χ4v) is 2.20. The van der Waals surface area contributed by atoms with Crippen LogP contribution in [-0.4, -0.2) is 55.0 Å². The normalized spacial score (nSPS) is 20.4. The number of rotatable bonds is 6. The van der Waals surface area contributed by atoms with Crippen LogP contribution < -0.4 is 5.32 Å². The molecule has 1 rings (SSSR count). The predicted molar refractivity (Wildman–Crippen MR) is 75.1 cm³/mol. The van der Waals surface area contributed by atoms with E-state index in [-0.39, 0.29) is 24.1 Å². The molecule has 2 amide bonds. The van der Waals surface area contributed by atoms with Gasteiger partial charge in [-0.15, -0.1) is 0 Å². The lowest BCUT2D eigenvalue weighted by Gasteiger charge is -2.35. The number of morpholine rings is 1. The molecule has 1 fully saturated rings. The maximum absolute atomic E-state index is 12.1. The van der Waals surface area contributed by atoms with Crippen molar-refractivity contribution in [3.63, 3.8) is 0 Å². The van der Waals surface area contributed by atoms with Crippen LogP contribution in [-0.2, 0) is 4.74 Å². The fraction of sp³-hybridized carbons (Fsp3) is 0.929. The molecule has 0 radical (unpaired) electrons. The molecule has 0 unspecified atom stereocenters. The van der Waals surface area contributed by atoms with Crippen LogP contribution in [0.3, 0.4) is 0 Å². The van der Waals surface area contributed by atoms with Crippen LogP contribution in [0.25, 0.3) is 0 Å². The van der Waals surface area contributed by atoms with Crippen molar-refractivity contribution in [2.24, 2.45) is 5.41 Å². The van der Waals surface area contributed by atoms with Gasteiger partial charge in [0.25, 0.3) is 0 Å². The van der Waals surface area contributed by atoms with Gasteiger partial charge in [-0.1, -0.05) is 20.8 Å². The number of aliphatic hydroxyl groups is 1. The summed E-state index contributed by atoms with van der Waals surface area (Å²) >= 11 is 0. The third-order valence-electron chi connectivity index (χ3n) is 3.69. The first-order valence-electron chi connectivity index (χ1n) is 7.23. The average molecular weight is 272 g/mol. The van der Waals surface area contributed by atoms with E-state index in [0.717, 1.165) is 19.3 Å². The van der Waals surface area contributed by atoms with Gasteiger partial charge in [-0.2, -0.15) is 0 Å². The number of carbonyl (C=O) groups is 1. The summed E-state index contributed by atoms with van der Waals surface area (Å²) < 4.78 is 5.39. The summed E-state index contributed by atoms with van der Waals surface area (Å²) in [6.07, 6.45) is 2.72. The Bertz CT molecular complexity index is 282. The Labute approximate surface area is 116 Å². The minimum absolute atomic E-state index is 0.0111. The van der Waals surface area contributed by atoms with E-state index >= 15 is 0 Å². The van der Waals surface area contributed by atoms with Gasteiger partial charge in [-0.3, -0.25) is 0 Å². The lowest BCUT2D eigenvalue weighted by molar-refractivity contribution is 0.0113. The standard InChI is InChI=1S/C14H28N2O3/c1-4-12-10-19-9-8-16(12)13(18)15-7-5-6-14(2,3)11-17/h12,17H,4-11H2,1-3H3,(H,15,18)/t12-/m0/s1. The highest BCUT2D eigenvalue weighted by Gasteiger charge is 2.25. The number of nitrogens with zero attached hydrogens (tertiary/aromatic N) is 1. The molecule has 2 N–H and O–H groups in total. The molecule has 0 aliphatic carbocycles. The van der Waals surface area contributed by atoms with Crippen LogP contribution in [0.1, 0.15) is 40.0 Å². The molecule has 0 aromatic rings. The van der Waals surface area contributed by atoms with Gasteiger partial charge in [0.2, 0.25) is 0 Å². The van der Waals surface area contributed by atoms with Crippen molar-refractivity contribution < 1.29 is 14.6 Å². The first-order valence-corrected chi connectivity index (χ1v) is 7.23. The number of amides is 2.